The van der Waals surface area contributed by atoms with Gasteiger partial charge in [-0.3, -0.25) is 4.79 Å². The summed E-state index contributed by atoms with van der Waals surface area (Å²) in [5.74, 6) is -1.73. The van der Waals surface area contributed by atoms with Gasteiger partial charge in [0.1, 0.15) is 11.6 Å². The molecule has 0 aromatic heterocycles. The van der Waals surface area contributed by atoms with E-state index in [2.05, 4.69) is 28.2 Å². The van der Waals surface area contributed by atoms with Crippen LogP contribution in [0.5, 0.6) is 5.75 Å². The van der Waals surface area contributed by atoms with Gasteiger partial charge in [-0.1, -0.05) is 82.4 Å². The van der Waals surface area contributed by atoms with Gasteiger partial charge in [0.15, 0.2) is 6.61 Å². The summed E-state index contributed by atoms with van der Waals surface area (Å²) in [6, 6.07) is 7.31. The van der Waals surface area contributed by atoms with Crippen molar-refractivity contribution in [3.8, 4) is 16.9 Å². The molecule has 5 nitrogen and oxygen atoms in total. The lowest BCUT2D eigenvalue weighted by Crippen LogP contribution is -2.24. The lowest BCUT2D eigenvalue weighted by Gasteiger charge is -2.15. The second kappa shape index (κ2) is 15.8. The highest BCUT2D eigenvalue weighted by molar-refractivity contribution is 9.10. The summed E-state index contributed by atoms with van der Waals surface area (Å²) < 4.78 is 19.5. The predicted molar refractivity (Wildman–Crippen MR) is 142 cm³/mol. The minimum atomic E-state index is -1.14. The molecule has 0 saturated carbocycles. The molecule has 0 aliphatic rings. The standard InChI is InChI=1S/C27H34BrClFNO4/c1-2-3-4-5-6-7-8-9-10-11-14-31-27(34)20-15-21(19-12-13-24(30)23(29)17-19)26(22(28)16-20)35-18-25(32)33/h12-13,15-17H,2-11,14,18H2,1H3,(H,31,34)(H,32,33). The fraction of sp³-hybridized carbons (Fsp3) is 0.481. The molecule has 0 aliphatic carbocycles. The number of ether oxygens (including phenoxy) is 1. The fourth-order valence-corrected chi connectivity index (χ4v) is 4.55. The zero-order valence-electron chi connectivity index (χ0n) is 20.2. The van der Waals surface area contributed by atoms with Gasteiger partial charge in [0, 0.05) is 17.7 Å². The number of aliphatic carboxylic acids is 1. The molecule has 0 radical (unpaired) electrons. The van der Waals surface area contributed by atoms with Crippen molar-refractivity contribution in [1.29, 1.82) is 0 Å². The Balaban J connectivity index is 1.96. The first-order valence-electron chi connectivity index (χ1n) is 12.2. The van der Waals surface area contributed by atoms with Gasteiger partial charge >= 0.3 is 5.97 Å². The topological polar surface area (TPSA) is 75.6 Å². The number of carbonyl (C=O) groups excluding carboxylic acids is 1. The van der Waals surface area contributed by atoms with Crippen molar-refractivity contribution < 1.29 is 23.8 Å². The van der Waals surface area contributed by atoms with Crippen LogP contribution in [0.1, 0.15) is 81.5 Å². The highest BCUT2D eigenvalue weighted by atomic mass is 79.9. The molecule has 0 atom stereocenters. The largest absolute Gasteiger partial charge is 0.480 e. The molecule has 2 rings (SSSR count). The Morgan fingerprint density at radius 1 is 1.00 bits per heavy atom. The smallest absolute Gasteiger partial charge is 0.341 e. The summed E-state index contributed by atoms with van der Waals surface area (Å²) in [7, 11) is 0. The Bertz CT molecular complexity index is 986. The number of rotatable bonds is 16. The summed E-state index contributed by atoms with van der Waals surface area (Å²) in [6.45, 7) is 2.23. The number of carboxylic acids is 1. The van der Waals surface area contributed by atoms with Gasteiger partial charge in [0.05, 0.1) is 9.50 Å². The third-order valence-corrected chi connectivity index (χ3v) is 6.57. The summed E-state index contributed by atoms with van der Waals surface area (Å²) in [5, 5.41) is 11.9. The van der Waals surface area contributed by atoms with E-state index in [1.54, 1.807) is 12.1 Å². The average molecular weight is 571 g/mol. The Labute approximate surface area is 220 Å². The maximum atomic E-state index is 13.7. The van der Waals surface area contributed by atoms with Gasteiger partial charge in [0.25, 0.3) is 5.91 Å². The van der Waals surface area contributed by atoms with E-state index in [0.29, 0.717) is 27.7 Å². The van der Waals surface area contributed by atoms with Crippen LogP contribution in [0.2, 0.25) is 5.02 Å². The molecule has 0 spiro atoms. The normalized spacial score (nSPS) is 10.9. The molecule has 0 aliphatic heterocycles. The number of amides is 1. The van der Waals surface area contributed by atoms with Gasteiger partial charge in [0.2, 0.25) is 0 Å². The van der Waals surface area contributed by atoms with Crippen LogP contribution in [-0.4, -0.2) is 30.1 Å². The van der Waals surface area contributed by atoms with E-state index in [9.17, 15) is 14.0 Å². The quantitative estimate of drug-likeness (QED) is 0.200. The first-order chi connectivity index (χ1) is 16.8. The Kier molecular flexibility index (Phi) is 13.1. The van der Waals surface area contributed by atoms with E-state index in [0.717, 1.165) is 12.8 Å². The minimum absolute atomic E-state index is 0.0846. The molecule has 2 aromatic carbocycles. The molecule has 0 unspecified atom stereocenters. The molecular formula is C27H34BrClFNO4. The highest BCUT2D eigenvalue weighted by Gasteiger charge is 2.18. The number of hydrogen-bond acceptors (Lipinski definition) is 3. The van der Waals surface area contributed by atoms with Crippen molar-refractivity contribution in [2.45, 2.75) is 71.1 Å². The molecular weight excluding hydrogens is 537 g/mol. The molecule has 2 N–H and O–H groups in total. The molecule has 2 aromatic rings. The lowest BCUT2D eigenvalue weighted by molar-refractivity contribution is -0.139. The van der Waals surface area contributed by atoms with Gasteiger partial charge in [-0.15, -0.1) is 0 Å². The van der Waals surface area contributed by atoms with E-state index in [1.165, 1.54) is 69.6 Å². The van der Waals surface area contributed by atoms with E-state index >= 15 is 0 Å². The molecule has 0 fully saturated rings. The van der Waals surface area contributed by atoms with Crippen LogP contribution < -0.4 is 10.1 Å². The molecule has 0 saturated heterocycles. The van der Waals surface area contributed by atoms with Crippen LogP contribution >= 0.6 is 27.5 Å². The van der Waals surface area contributed by atoms with Crippen molar-refractivity contribution >= 4 is 39.4 Å². The van der Waals surface area contributed by atoms with Crippen molar-refractivity contribution in [2.24, 2.45) is 0 Å². The van der Waals surface area contributed by atoms with Gasteiger partial charge in [-0.25, -0.2) is 9.18 Å². The zero-order chi connectivity index (χ0) is 25.6. The first kappa shape index (κ1) is 29.1. The molecule has 35 heavy (non-hydrogen) atoms. The Hall–Kier alpha value is -2.12. The molecule has 192 valence electrons. The number of unbranched alkanes of at least 4 members (excludes halogenated alkanes) is 9. The molecule has 1 amide bonds. The monoisotopic (exact) mass is 569 g/mol. The number of benzene rings is 2. The van der Waals surface area contributed by atoms with E-state index in [1.807, 2.05) is 0 Å². The van der Waals surface area contributed by atoms with Crippen LogP contribution in [-0.2, 0) is 4.79 Å². The second-order valence-corrected chi connectivity index (χ2v) is 9.85. The third-order valence-electron chi connectivity index (χ3n) is 5.69. The number of carbonyl (C=O) groups is 2. The molecule has 8 heteroatoms. The predicted octanol–water partition coefficient (Wildman–Crippen LogP) is 8.02. The summed E-state index contributed by atoms with van der Waals surface area (Å²) in [5.41, 5.74) is 1.32. The Morgan fingerprint density at radius 3 is 2.23 bits per heavy atom. The minimum Gasteiger partial charge on any atom is -0.480 e. The highest BCUT2D eigenvalue weighted by Crippen LogP contribution is 2.39. The van der Waals surface area contributed by atoms with Gasteiger partial charge in [-0.05, 0) is 52.2 Å². The van der Waals surface area contributed by atoms with Crippen LogP contribution in [0, 0.1) is 5.82 Å². The van der Waals surface area contributed by atoms with Crippen molar-refractivity contribution in [1.82, 2.24) is 5.32 Å². The van der Waals surface area contributed by atoms with Crippen LogP contribution in [0.15, 0.2) is 34.8 Å². The van der Waals surface area contributed by atoms with Crippen molar-refractivity contribution in [2.75, 3.05) is 13.2 Å². The van der Waals surface area contributed by atoms with E-state index < -0.39 is 18.4 Å². The average Bonchev–Trinajstić information content (AvgIpc) is 2.82. The number of hydrogen-bond donors (Lipinski definition) is 2. The first-order valence-corrected chi connectivity index (χ1v) is 13.4. The second-order valence-electron chi connectivity index (χ2n) is 8.58. The SMILES string of the molecule is CCCCCCCCCCCCNC(=O)c1cc(Br)c(OCC(=O)O)c(-c2ccc(F)c(Cl)c2)c1. The summed E-state index contributed by atoms with van der Waals surface area (Å²) in [4.78, 5) is 23.8. The van der Waals surface area contributed by atoms with Crippen LogP contribution in [0.4, 0.5) is 4.39 Å². The summed E-state index contributed by atoms with van der Waals surface area (Å²) >= 11 is 9.32. The zero-order valence-corrected chi connectivity index (χ0v) is 22.5. The number of halogens is 3. The Morgan fingerprint density at radius 2 is 1.63 bits per heavy atom. The van der Waals surface area contributed by atoms with E-state index in [-0.39, 0.29) is 16.7 Å². The van der Waals surface area contributed by atoms with Crippen LogP contribution in [0.3, 0.4) is 0 Å². The molecule has 0 heterocycles. The number of nitrogens with one attached hydrogen (secondary N) is 1. The third kappa shape index (κ3) is 10.2. The fourth-order valence-electron chi connectivity index (χ4n) is 3.80. The summed E-state index contributed by atoms with van der Waals surface area (Å²) in [6.07, 6.45) is 12.2. The van der Waals surface area contributed by atoms with Gasteiger partial charge in [-0.2, -0.15) is 0 Å². The van der Waals surface area contributed by atoms with E-state index in [4.69, 9.17) is 21.4 Å². The van der Waals surface area contributed by atoms with Crippen LogP contribution in [0.25, 0.3) is 11.1 Å². The number of carboxylic acid groups (broad SMARTS) is 1. The van der Waals surface area contributed by atoms with Crippen molar-refractivity contribution in [3.05, 3.63) is 51.2 Å². The van der Waals surface area contributed by atoms with Gasteiger partial charge < -0.3 is 15.2 Å². The molecule has 0 bridgehead atoms. The maximum Gasteiger partial charge on any atom is 0.341 e. The van der Waals surface area contributed by atoms with Crippen molar-refractivity contribution in [3.63, 3.8) is 0 Å². The maximum absolute atomic E-state index is 13.7. The lowest BCUT2D eigenvalue weighted by atomic mass is 10.0.